The number of hydrogen-bond acceptors (Lipinski definition) is 6. The number of thioether (sulfide) groups is 1. The molecule has 2 N–H and O–H groups in total. The molecule has 3 aromatic rings. The molecule has 0 aliphatic rings. The van der Waals surface area contributed by atoms with E-state index in [1.54, 1.807) is 37.3 Å². The molecular formula is C23H24ClN3O4S2. The molecule has 10 heteroatoms. The molecule has 0 fully saturated rings. The van der Waals surface area contributed by atoms with Crippen LogP contribution in [0, 0.1) is 6.92 Å². The number of anilines is 1. The van der Waals surface area contributed by atoms with Crippen LogP contribution in [0.3, 0.4) is 0 Å². The number of nitrogens with one attached hydrogen (secondary N) is 2. The zero-order chi connectivity index (χ0) is 24.4. The largest absolute Gasteiger partial charge is 0.325 e. The lowest BCUT2D eigenvalue weighted by Gasteiger charge is -2.19. The Bertz CT molecular complexity index is 1350. The molecule has 1 amide bonds. The molecule has 0 radical (unpaired) electrons. The van der Waals surface area contributed by atoms with Crippen LogP contribution < -0.4 is 10.9 Å². The summed E-state index contributed by atoms with van der Waals surface area (Å²) >= 11 is 7.04. The van der Waals surface area contributed by atoms with Gasteiger partial charge in [-0.2, -0.15) is 0 Å². The molecule has 0 aliphatic carbocycles. The number of rotatable bonds is 6. The minimum Gasteiger partial charge on any atom is -0.325 e. The minimum atomic E-state index is -4.04. The van der Waals surface area contributed by atoms with E-state index in [2.05, 4.69) is 15.3 Å². The minimum absolute atomic E-state index is 0.0134. The van der Waals surface area contributed by atoms with Crippen molar-refractivity contribution in [3.05, 3.63) is 75.2 Å². The predicted octanol–water partition coefficient (Wildman–Crippen LogP) is 4.59. The number of halogens is 1. The number of H-pyrrole nitrogens is 1. The molecule has 0 unspecified atom stereocenters. The van der Waals surface area contributed by atoms with Crippen LogP contribution in [0.2, 0.25) is 5.02 Å². The third kappa shape index (κ3) is 5.85. The summed E-state index contributed by atoms with van der Waals surface area (Å²) in [5.41, 5.74) is 1.39. The van der Waals surface area contributed by atoms with Crippen molar-refractivity contribution in [2.24, 2.45) is 0 Å². The number of sulfone groups is 1. The zero-order valence-corrected chi connectivity index (χ0v) is 21.0. The highest BCUT2D eigenvalue weighted by molar-refractivity contribution is 7.99. The topological polar surface area (TPSA) is 109 Å². The maximum absolute atomic E-state index is 12.9. The van der Waals surface area contributed by atoms with Gasteiger partial charge in [-0.05, 0) is 47.7 Å². The predicted molar refractivity (Wildman–Crippen MR) is 131 cm³/mol. The van der Waals surface area contributed by atoms with Crippen molar-refractivity contribution >= 4 is 44.8 Å². The lowest BCUT2D eigenvalue weighted by atomic mass is 9.87. The summed E-state index contributed by atoms with van der Waals surface area (Å²) in [5.74, 6) is -0.349. The Kier molecular flexibility index (Phi) is 7.36. The second-order valence-corrected chi connectivity index (χ2v) is 11.7. The zero-order valence-electron chi connectivity index (χ0n) is 18.6. The number of carbonyl (C=O) groups is 1. The number of nitrogens with zero attached hydrogens (tertiary/aromatic N) is 1. The van der Waals surface area contributed by atoms with Gasteiger partial charge in [0.15, 0.2) is 10.1 Å². The summed E-state index contributed by atoms with van der Waals surface area (Å²) in [4.78, 5) is 30.8. The monoisotopic (exact) mass is 505 g/mol. The summed E-state index contributed by atoms with van der Waals surface area (Å²) < 4.78 is 25.8. The first-order chi connectivity index (χ1) is 15.4. The molecule has 3 rings (SSSR count). The molecule has 7 nitrogen and oxygen atoms in total. The summed E-state index contributed by atoms with van der Waals surface area (Å²) in [6.45, 7) is 7.87. The average Bonchev–Trinajstić information content (AvgIpc) is 2.75. The summed E-state index contributed by atoms with van der Waals surface area (Å²) in [6, 6.07) is 11.6. The van der Waals surface area contributed by atoms with Crippen molar-refractivity contribution in [1.82, 2.24) is 9.97 Å². The average molecular weight is 506 g/mol. The summed E-state index contributed by atoms with van der Waals surface area (Å²) in [6.07, 6.45) is 1.02. The van der Waals surface area contributed by atoms with Crippen molar-refractivity contribution < 1.29 is 13.2 Å². The molecule has 0 spiro atoms. The van der Waals surface area contributed by atoms with E-state index in [-0.39, 0.29) is 27.1 Å². The fourth-order valence-corrected chi connectivity index (χ4v) is 5.00. The van der Waals surface area contributed by atoms with Gasteiger partial charge >= 0.3 is 0 Å². The van der Waals surface area contributed by atoms with Crippen molar-refractivity contribution in [2.75, 3.05) is 11.1 Å². The van der Waals surface area contributed by atoms with E-state index in [0.29, 0.717) is 10.7 Å². The highest BCUT2D eigenvalue weighted by Gasteiger charge is 2.23. The van der Waals surface area contributed by atoms with Crippen molar-refractivity contribution in [3.63, 3.8) is 0 Å². The van der Waals surface area contributed by atoms with Gasteiger partial charge in [0, 0.05) is 10.7 Å². The van der Waals surface area contributed by atoms with Gasteiger partial charge in [0.2, 0.25) is 15.7 Å². The summed E-state index contributed by atoms with van der Waals surface area (Å²) in [7, 11) is -4.04. The van der Waals surface area contributed by atoms with Crippen LogP contribution in [-0.4, -0.2) is 30.0 Å². The SMILES string of the molecule is Cc1c(Cl)cccc1NC(=O)CSc1ncc(S(=O)(=O)c2ccc(C(C)(C)C)cc2)c(=O)[nH]1. The van der Waals surface area contributed by atoms with Gasteiger partial charge in [-0.15, -0.1) is 0 Å². The normalized spacial score (nSPS) is 11.9. The molecule has 0 aliphatic heterocycles. The number of carbonyl (C=O) groups excluding carboxylic acids is 1. The van der Waals surface area contributed by atoms with Gasteiger partial charge in [-0.1, -0.05) is 62.3 Å². The number of amides is 1. The third-order valence-corrected chi connectivity index (χ3v) is 8.00. The Hall–Kier alpha value is -2.62. The Morgan fingerprint density at radius 2 is 1.82 bits per heavy atom. The Labute approximate surface area is 201 Å². The molecule has 0 bridgehead atoms. The second-order valence-electron chi connectivity index (χ2n) is 8.41. The van der Waals surface area contributed by atoms with Gasteiger partial charge in [-0.3, -0.25) is 9.59 Å². The molecule has 1 aromatic heterocycles. The maximum atomic E-state index is 12.9. The fourth-order valence-electron chi connectivity index (χ4n) is 2.96. The number of benzene rings is 2. The van der Waals surface area contributed by atoms with Crippen LogP contribution in [0.5, 0.6) is 0 Å². The molecule has 2 aromatic carbocycles. The molecule has 33 heavy (non-hydrogen) atoms. The van der Waals surface area contributed by atoms with Crippen molar-refractivity contribution in [3.8, 4) is 0 Å². The van der Waals surface area contributed by atoms with E-state index >= 15 is 0 Å². The van der Waals surface area contributed by atoms with Crippen LogP contribution in [0.25, 0.3) is 0 Å². The first-order valence-electron chi connectivity index (χ1n) is 10.0. The molecule has 0 atom stereocenters. The van der Waals surface area contributed by atoms with Crippen molar-refractivity contribution in [2.45, 2.75) is 48.1 Å². The fraction of sp³-hybridized carbons (Fsp3) is 0.261. The molecular weight excluding hydrogens is 482 g/mol. The van der Waals surface area contributed by atoms with E-state index < -0.39 is 20.3 Å². The van der Waals surface area contributed by atoms with Crippen LogP contribution in [0.15, 0.2) is 68.4 Å². The lowest BCUT2D eigenvalue weighted by molar-refractivity contribution is -0.113. The summed E-state index contributed by atoms with van der Waals surface area (Å²) in [5, 5.41) is 3.43. The third-order valence-electron chi connectivity index (χ3n) is 4.95. The quantitative estimate of drug-likeness (QED) is 0.374. The lowest BCUT2D eigenvalue weighted by Crippen LogP contribution is -2.20. The standard InChI is InChI=1S/C23H24ClN3O4S2/c1-14-17(24)6-5-7-18(14)26-20(28)13-32-22-25-12-19(21(29)27-22)33(30,31)16-10-8-15(9-11-16)23(2,3)4/h5-12H,13H2,1-4H3,(H,26,28)(H,25,27,29). The molecule has 1 heterocycles. The van der Waals surface area contributed by atoms with Gasteiger partial charge in [0.25, 0.3) is 5.56 Å². The van der Waals surface area contributed by atoms with Crippen LogP contribution in [0.1, 0.15) is 31.9 Å². The highest BCUT2D eigenvalue weighted by Crippen LogP contribution is 2.26. The number of hydrogen-bond donors (Lipinski definition) is 2. The Balaban J connectivity index is 1.72. The van der Waals surface area contributed by atoms with E-state index in [9.17, 15) is 18.0 Å². The molecule has 0 saturated heterocycles. The highest BCUT2D eigenvalue weighted by atomic mass is 35.5. The first-order valence-corrected chi connectivity index (χ1v) is 12.9. The van der Waals surface area contributed by atoms with Gasteiger partial charge in [0.05, 0.1) is 16.8 Å². The van der Waals surface area contributed by atoms with Crippen LogP contribution >= 0.6 is 23.4 Å². The van der Waals surface area contributed by atoms with Crippen LogP contribution in [0.4, 0.5) is 5.69 Å². The Morgan fingerprint density at radius 3 is 2.42 bits per heavy atom. The van der Waals surface area contributed by atoms with Gasteiger partial charge < -0.3 is 10.3 Å². The molecule has 0 saturated carbocycles. The maximum Gasteiger partial charge on any atom is 0.270 e. The molecule has 174 valence electrons. The van der Waals surface area contributed by atoms with Gasteiger partial charge in [0.1, 0.15) is 0 Å². The van der Waals surface area contributed by atoms with E-state index in [0.717, 1.165) is 29.1 Å². The number of aromatic amines is 1. The number of aromatic nitrogens is 2. The van der Waals surface area contributed by atoms with Gasteiger partial charge in [-0.25, -0.2) is 13.4 Å². The smallest absolute Gasteiger partial charge is 0.270 e. The first kappa shape index (κ1) is 25.0. The Morgan fingerprint density at radius 1 is 1.15 bits per heavy atom. The van der Waals surface area contributed by atoms with E-state index in [1.165, 1.54) is 12.1 Å². The second kappa shape index (κ2) is 9.70. The van der Waals surface area contributed by atoms with E-state index in [4.69, 9.17) is 11.6 Å². The van der Waals surface area contributed by atoms with Crippen molar-refractivity contribution in [1.29, 1.82) is 0 Å². The van der Waals surface area contributed by atoms with Crippen LogP contribution in [-0.2, 0) is 20.0 Å². The van der Waals surface area contributed by atoms with E-state index in [1.807, 2.05) is 20.8 Å².